The number of benzene rings is 3. The van der Waals surface area contributed by atoms with E-state index in [0.717, 1.165) is 37.8 Å². The minimum Gasteiger partial charge on any atom is -0.354 e. The number of fused-ring (bicyclic) bond motifs is 1. The quantitative estimate of drug-likeness (QED) is 0.161. The van der Waals surface area contributed by atoms with Gasteiger partial charge in [-0.1, -0.05) is 42.5 Å². The summed E-state index contributed by atoms with van der Waals surface area (Å²) in [6.45, 7) is 2.76. The molecule has 40 heavy (non-hydrogen) atoms. The van der Waals surface area contributed by atoms with E-state index in [4.69, 9.17) is 10.1 Å². The fraction of sp³-hybridized carbons (Fsp3) is 0.226. The summed E-state index contributed by atoms with van der Waals surface area (Å²) in [5, 5.41) is 15.2. The highest BCUT2D eigenvalue weighted by Crippen LogP contribution is 2.37. The van der Waals surface area contributed by atoms with Crippen molar-refractivity contribution in [1.29, 1.82) is 5.26 Å². The lowest BCUT2D eigenvalue weighted by atomic mass is 9.99. The summed E-state index contributed by atoms with van der Waals surface area (Å²) in [6, 6.07) is 23.8. The van der Waals surface area contributed by atoms with Crippen LogP contribution < -0.4 is 16.1 Å². The van der Waals surface area contributed by atoms with Crippen molar-refractivity contribution in [3.63, 3.8) is 0 Å². The average molecular weight is 536 g/mol. The number of rotatable bonds is 9. The van der Waals surface area contributed by atoms with Crippen molar-refractivity contribution in [2.75, 3.05) is 36.9 Å². The van der Waals surface area contributed by atoms with Gasteiger partial charge >= 0.3 is 0 Å². The van der Waals surface area contributed by atoms with E-state index >= 15 is 0 Å². The van der Waals surface area contributed by atoms with E-state index in [1.54, 1.807) is 42.5 Å². The van der Waals surface area contributed by atoms with E-state index < -0.39 is 0 Å². The summed E-state index contributed by atoms with van der Waals surface area (Å²) < 4.78 is 0. The predicted molar refractivity (Wildman–Crippen MR) is 152 cm³/mol. The van der Waals surface area contributed by atoms with Crippen LogP contribution in [0.1, 0.15) is 44.7 Å². The van der Waals surface area contributed by atoms with Gasteiger partial charge < -0.3 is 15.5 Å². The molecule has 9 heteroatoms. The van der Waals surface area contributed by atoms with Crippen molar-refractivity contribution in [2.24, 2.45) is 5.92 Å². The van der Waals surface area contributed by atoms with E-state index in [9.17, 15) is 14.4 Å². The molecule has 2 aliphatic rings. The third-order valence-electron chi connectivity index (χ3n) is 7.10. The van der Waals surface area contributed by atoms with Crippen LogP contribution in [0.3, 0.4) is 0 Å². The molecule has 0 unspecified atom stereocenters. The summed E-state index contributed by atoms with van der Waals surface area (Å²) >= 11 is 0. The molecule has 0 spiro atoms. The molecule has 0 atom stereocenters. The first kappa shape index (κ1) is 26.8. The molecule has 0 saturated carbocycles. The summed E-state index contributed by atoms with van der Waals surface area (Å²) in [7, 11) is 0. The Labute approximate surface area is 232 Å². The van der Waals surface area contributed by atoms with E-state index in [1.807, 2.05) is 30.3 Å². The number of carbonyl (C=O) groups is 3. The zero-order valence-electron chi connectivity index (χ0n) is 21.9. The van der Waals surface area contributed by atoms with Crippen LogP contribution in [0, 0.1) is 17.2 Å². The minimum atomic E-state index is -0.355. The van der Waals surface area contributed by atoms with Crippen LogP contribution in [0.25, 0.3) is 11.3 Å². The first-order chi connectivity index (χ1) is 19.6. The second kappa shape index (κ2) is 12.4. The first-order valence-electron chi connectivity index (χ1n) is 13.2. The topological polar surface area (TPSA) is 124 Å². The Kier molecular flexibility index (Phi) is 8.30. The molecule has 0 aromatic heterocycles. The van der Waals surface area contributed by atoms with Gasteiger partial charge in [-0.3, -0.25) is 19.2 Å². The number of nitrogens with zero attached hydrogens (tertiary/aromatic N) is 2. The summed E-state index contributed by atoms with van der Waals surface area (Å²) in [6.07, 6.45) is 2.47. The number of carbonyl (C=O) groups excluding carboxylic acids is 3. The zero-order valence-corrected chi connectivity index (χ0v) is 21.9. The minimum absolute atomic E-state index is 0.136. The second-order valence-corrected chi connectivity index (χ2v) is 9.72. The van der Waals surface area contributed by atoms with E-state index in [1.165, 1.54) is 0 Å². The van der Waals surface area contributed by atoms with Gasteiger partial charge in [0, 0.05) is 40.5 Å². The van der Waals surface area contributed by atoms with Gasteiger partial charge in [0.05, 0.1) is 23.9 Å². The van der Waals surface area contributed by atoms with Gasteiger partial charge in [0.15, 0.2) is 0 Å². The van der Waals surface area contributed by atoms with E-state index in [2.05, 4.69) is 27.1 Å². The van der Waals surface area contributed by atoms with Gasteiger partial charge in [-0.25, -0.2) is 5.48 Å². The third kappa shape index (κ3) is 6.10. The molecule has 202 valence electrons. The van der Waals surface area contributed by atoms with Crippen molar-refractivity contribution in [1.82, 2.24) is 10.4 Å². The van der Waals surface area contributed by atoms with E-state index in [-0.39, 0.29) is 17.7 Å². The Balaban J connectivity index is 1.26. The Morgan fingerprint density at radius 1 is 1.05 bits per heavy atom. The molecule has 3 aromatic rings. The first-order valence-corrected chi connectivity index (χ1v) is 13.2. The highest BCUT2D eigenvalue weighted by atomic mass is 16.6. The van der Waals surface area contributed by atoms with Gasteiger partial charge in [-0.05, 0) is 61.8 Å². The standard InChI is InChI=1S/C31H29N5O4/c32-19-21-12-14-36(15-13-21)16-17-40-35-30(38)24-7-9-25(10-8-24)33-29(23-4-2-1-3-5-23)28-26-11-6-22(20-37)18-27(26)34-31(28)39/h1-11,18,20-21,33H,12-17H2,(H,34,39)(H,35,38)/b29-28-. The summed E-state index contributed by atoms with van der Waals surface area (Å²) in [4.78, 5) is 44.5. The lowest BCUT2D eigenvalue weighted by Gasteiger charge is -2.28. The SMILES string of the molecule is N#CC1CCN(CCONC(=O)c2ccc(N/C(=C3\C(=O)Nc4cc(C=O)ccc43)c3ccccc3)cc2)CC1. The van der Waals surface area contributed by atoms with Crippen LogP contribution in [-0.4, -0.2) is 49.2 Å². The molecule has 3 aromatic carbocycles. The molecular formula is C31H29N5O4. The molecule has 1 saturated heterocycles. The molecule has 5 rings (SSSR count). The predicted octanol–water partition coefficient (Wildman–Crippen LogP) is 4.33. The normalized spacial score (nSPS) is 16.4. The number of nitriles is 1. The molecular weight excluding hydrogens is 506 g/mol. The number of anilines is 2. The van der Waals surface area contributed by atoms with Crippen LogP contribution >= 0.6 is 0 Å². The smallest absolute Gasteiger partial charge is 0.274 e. The van der Waals surface area contributed by atoms with Gasteiger partial charge in [0.2, 0.25) is 0 Å². The van der Waals surface area contributed by atoms with E-state index in [0.29, 0.717) is 52.5 Å². The molecule has 0 bridgehead atoms. The second-order valence-electron chi connectivity index (χ2n) is 9.72. The van der Waals surface area contributed by atoms with Crippen molar-refractivity contribution in [3.8, 4) is 6.07 Å². The number of aldehydes is 1. The Bertz CT molecular complexity index is 1470. The third-order valence-corrected chi connectivity index (χ3v) is 7.10. The molecule has 1 fully saturated rings. The molecule has 9 nitrogen and oxygen atoms in total. The molecule has 2 amide bonds. The van der Waals surface area contributed by atoms with Crippen molar-refractivity contribution >= 4 is 40.7 Å². The van der Waals surface area contributed by atoms with Crippen LogP contribution in [0.4, 0.5) is 11.4 Å². The Hall–Kier alpha value is -4.78. The highest BCUT2D eigenvalue weighted by Gasteiger charge is 2.28. The lowest BCUT2D eigenvalue weighted by Crippen LogP contribution is -2.37. The maximum Gasteiger partial charge on any atom is 0.274 e. The van der Waals surface area contributed by atoms with Crippen LogP contribution in [0.5, 0.6) is 0 Å². The molecule has 3 N–H and O–H groups in total. The monoisotopic (exact) mass is 535 g/mol. The number of hydrogen-bond donors (Lipinski definition) is 3. The number of likely N-dealkylation sites (tertiary alicyclic amines) is 1. The number of hydroxylamine groups is 1. The average Bonchev–Trinajstić information content (AvgIpc) is 3.33. The molecule has 0 aliphatic carbocycles. The Morgan fingerprint density at radius 2 is 1.80 bits per heavy atom. The number of hydrogen-bond acceptors (Lipinski definition) is 7. The summed E-state index contributed by atoms with van der Waals surface area (Å²) in [5.41, 5.74) is 7.25. The molecule has 2 aliphatic heterocycles. The van der Waals surface area contributed by atoms with Crippen molar-refractivity contribution in [3.05, 3.63) is 95.1 Å². The fourth-order valence-corrected chi connectivity index (χ4v) is 4.88. The van der Waals surface area contributed by atoms with Gasteiger partial charge in [-0.15, -0.1) is 0 Å². The van der Waals surface area contributed by atoms with Gasteiger partial charge in [0.25, 0.3) is 11.8 Å². The van der Waals surface area contributed by atoms with Crippen LogP contribution in [0.15, 0.2) is 72.8 Å². The lowest BCUT2D eigenvalue weighted by molar-refractivity contribution is -0.110. The Morgan fingerprint density at radius 3 is 2.50 bits per heavy atom. The van der Waals surface area contributed by atoms with Gasteiger partial charge in [0.1, 0.15) is 6.29 Å². The molecule has 2 heterocycles. The van der Waals surface area contributed by atoms with Crippen molar-refractivity contribution < 1.29 is 19.2 Å². The van der Waals surface area contributed by atoms with Crippen LogP contribution in [-0.2, 0) is 9.63 Å². The fourth-order valence-electron chi connectivity index (χ4n) is 4.88. The number of amides is 2. The number of piperidine rings is 1. The summed E-state index contributed by atoms with van der Waals surface area (Å²) in [5.74, 6) is -0.490. The molecule has 0 radical (unpaired) electrons. The van der Waals surface area contributed by atoms with Crippen molar-refractivity contribution in [2.45, 2.75) is 12.8 Å². The van der Waals surface area contributed by atoms with Gasteiger partial charge in [-0.2, -0.15) is 5.26 Å². The largest absolute Gasteiger partial charge is 0.354 e. The zero-order chi connectivity index (χ0) is 27.9. The maximum atomic E-state index is 13.1. The highest BCUT2D eigenvalue weighted by molar-refractivity contribution is 6.37. The number of nitrogens with one attached hydrogen (secondary N) is 3. The van der Waals surface area contributed by atoms with Crippen LogP contribution in [0.2, 0.25) is 0 Å². The maximum absolute atomic E-state index is 13.1.